The van der Waals surface area contributed by atoms with Gasteiger partial charge in [-0.3, -0.25) is 0 Å². The van der Waals surface area contributed by atoms with Gasteiger partial charge in [0, 0.05) is 12.2 Å². The van der Waals surface area contributed by atoms with Gasteiger partial charge in [0.25, 0.3) is 0 Å². The van der Waals surface area contributed by atoms with Gasteiger partial charge in [-0.1, -0.05) is 51.5 Å². The topological polar surface area (TPSA) is 45.5 Å². The summed E-state index contributed by atoms with van der Waals surface area (Å²) in [4.78, 5) is 15.0. The number of hydrogen-bond donors (Lipinski definition) is 1. The van der Waals surface area contributed by atoms with E-state index in [0.29, 0.717) is 30.3 Å². The van der Waals surface area contributed by atoms with Crippen LogP contribution in [0.5, 0.6) is 0 Å². The van der Waals surface area contributed by atoms with Crippen LogP contribution in [0.2, 0.25) is 0 Å². The van der Waals surface area contributed by atoms with Gasteiger partial charge in [0.05, 0.1) is 12.8 Å². The number of allylic oxidation sites excluding steroid dienone is 1. The fourth-order valence-electron chi connectivity index (χ4n) is 4.82. The number of fused-ring (bicyclic) bond motifs is 1. The third kappa shape index (κ3) is 3.98. The zero-order chi connectivity index (χ0) is 20.6. The smallest absolute Gasteiger partial charge is 0.322 e. The van der Waals surface area contributed by atoms with E-state index < -0.39 is 0 Å². The Morgan fingerprint density at radius 2 is 1.97 bits per heavy atom. The molecule has 5 rings (SSSR count). The van der Waals surface area contributed by atoms with Crippen molar-refractivity contribution in [2.45, 2.75) is 53.0 Å². The molecule has 29 heavy (non-hydrogen) atoms. The molecule has 0 saturated heterocycles. The lowest BCUT2D eigenvalue weighted by Crippen LogP contribution is -2.50. The molecule has 1 saturated carbocycles. The van der Waals surface area contributed by atoms with Crippen molar-refractivity contribution < 1.29 is 9.21 Å². The predicted octanol–water partition coefficient (Wildman–Crippen LogP) is 6.43. The van der Waals surface area contributed by atoms with Gasteiger partial charge in [-0.15, -0.1) is 0 Å². The second kappa shape index (κ2) is 7.74. The van der Waals surface area contributed by atoms with Crippen molar-refractivity contribution in [1.82, 2.24) is 4.90 Å². The first kappa shape index (κ1) is 19.8. The Morgan fingerprint density at radius 3 is 2.55 bits per heavy atom. The molecule has 2 atom stereocenters. The van der Waals surface area contributed by atoms with Crippen LogP contribution in [-0.2, 0) is 6.54 Å². The molecular formula is C25H32N2O2. The molecule has 2 aromatic rings. The van der Waals surface area contributed by atoms with E-state index >= 15 is 0 Å². The summed E-state index contributed by atoms with van der Waals surface area (Å²) in [6.07, 6.45) is 6.41. The van der Waals surface area contributed by atoms with Crippen LogP contribution in [0, 0.1) is 17.3 Å². The fourth-order valence-corrected chi connectivity index (χ4v) is 4.82. The minimum absolute atomic E-state index is 0.0844. The van der Waals surface area contributed by atoms with Gasteiger partial charge in [0.15, 0.2) is 0 Å². The Labute approximate surface area is 174 Å². The first-order valence-corrected chi connectivity index (χ1v) is 10.7. The van der Waals surface area contributed by atoms with Gasteiger partial charge in [0.1, 0.15) is 5.76 Å². The van der Waals surface area contributed by atoms with Gasteiger partial charge in [0.2, 0.25) is 0 Å². The van der Waals surface area contributed by atoms with Crippen molar-refractivity contribution in [3.05, 3.63) is 65.6 Å². The van der Waals surface area contributed by atoms with Gasteiger partial charge in [-0.25, -0.2) is 4.79 Å². The van der Waals surface area contributed by atoms with E-state index in [1.54, 1.807) is 6.26 Å². The number of nitrogens with zero attached hydrogens (tertiary/aromatic N) is 1. The van der Waals surface area contributed by atoms with E-state index in [-0.39, 0.29) is 6.03 Å². The summed E-state index contributed by atoms with van der Waals surface area (Å²) >= 11 is 0. The highest BCUT2D eigenvalue weighted by molar-refractivity contribution is 5.89. The predicted molar refractivity (Wildman–Crippen MR) is 117 cm³/mol. The van der Waals surface area contributed by atoms with Crippen molar-refractivity contribution in [1.29, 1.82) is 0 Å². The molecule has 4 nitrogen and oxygen atoms in total. The molecule has 3 aliphatic rings. The second-order valence-electron chi connectivity index (χ2n) is 9.46. The monoisotopic (exact) mass is 392 g/mol. The quantitative estimate of drug-likeness (QED) is 0.576. The molecule has 2 bridgehead atoms. The number of hydrogen-bond acceptors (Lipinski definition) is 2. The molecule has 1 heterocycles. The lowest BCUT2D eigenvalue weighted by Gasteiger charge is -2.57. The fraction of sp³-hybridized carbons (Fsp3) is 0.480. The molecule has 2 amide bonds. The lowest BCUT2D eigenvalue weighted by molar-refractivity contribution is -0.00975. The Morgan fingerprint density at radius 1 is 1.21 bits per heavy atom. The third-order valence-electron chi connectivity index (χ3n) is 7.00. The SMILES string of the molecule is CC(C)c1ccc(NC(=O)N(CC2=CCC3CC2C3(C)C)Cc2ccco2)cc1. The number of carbonyl (C=O) groups excluding carboxylic acids is 1. The summed E-state index contributed by atoms with van der Waals surface area (Å²) < 4.78 is 5.53. The van der Waals surface area contributed by atoms with Crippen molar-refractivity contribution >= 4 is 11.7 Å². The Hall–Kier alpha value is -2.49. The van der Waals surface area contributed by atoms with E-state index in [4.69, 9.17) is 4.42 Å². The maximum Gasteiger partial charge on any atom is 0.322 e. The molecule has 1 fully saturated rings. The minimum Gasteiger partial charge on any atom is -0.467 e. The molecule has 1 N–H and O–H groups in total. The van der Waals surface area contributed by atoms with Gasteiger partial charge < -0.3 is 14.6 Å². The van der Waals surface area contributed by atoms with Crippen molar-refractivity contribution in [2.24, 2.45) is 17.3 Å². The van der Waals surface area contributed by atoms with Crippen LogP contribution in [0.25, 0.3) is 0 Å². The van der Waals surface area contributed by atoms with Crippen LogP contribution in [0.3, 0.4) is 0 Å². The van der Waals surface area contributed by atoms with E-state index in [1.165, 1.54) is 17.6 Å². The van der Waals surface area contributed by atoms with Crippen LogP contribution >= 0.6 is 0 Å². The summed E-state index contributed by atoms with van der Waals surface area (Å²) in [6.45, 7) is 10.2. The molecule has 3 aliphatic carbocycles. The summed E-state index contributed by atoms with van der Waals surface area (Å²) in [5, 5.41) is 3.08. The number of nitrogens with one attached hydrogen (secondary N) is 1. The van der Waals surface area contributed by atoms with E-state index in [2.05, 4.69) is 51.2 Å². The number of anilines is 1. The Kier molecular flexibility index (Phi) is 5.28. The molecule has 1 aromatic heterocycles. The highest BCUT2D eigenvalue weighted by Crippen LogP contribution is 2.59. The lowest BCUT2D eigenvalue weighted by atomic mass is 9.49. The highest BCUT2D eigenvalue weighted by Gasteiger charge is 2.51. The highest BCUT2D eigenvalue weighted by atomic mass is 16.3. The van der Waals surface area contributed by atoms with Crippen molar-refractivity contribution in [2.75, 3.05) is 11.9 Å². The maximum absolute atomic E-state index is 13.2. The first-order chi connectivity index (χ1) is 13.8. The van der Waals surface area contributed by atoms with E-state index in [0.717, 1.165) is 23.8 Å². The molecule has 4 heteroatoms. The Bertz CT molecular complexity index is 878. The second-order valence-corrected chi connectivity index (χ2v) is 9.46. The average molecular weight is 393 g/mol. The molecule has 154 valence electrons. The number of furan rings is 1. The van der Waals surface area contributed by atoms with Crippen molar-refractivity contribution in [3.8, 4) is 0 Å². The number of urea groups is 1. The zero-order valence-electron chi connectivity index (χ0n) is 17.9. The third-order valence-corrected chi connectivity index (χ3v) is 7.00. The van der Waals surface area contributed by atoms with Crippen molar-refractivity contribution in [3.63, 3.8) is 0 Å². The van der Waals surface area contributed by atoms with Gasteiger partial charge in [-0.05, 0) is 65.8 Å². The van der Waals surface area contributed by atoms with Gasteiger partial charge >= 0.3 is 6.03 Å². The number of rotatable bonds is 6. The molecule has 2 unspecified atom stereocenters. The summed E-state index contributed by atoms with van der Waals surface area (Å²) in [5.74, 6) is 2.65. The minimum atomic E-state index is -0.0844. The number of carbonyl (C=O) groups is 1. The molecule has 0 radical (unpaired) electrons. The average Bonchev–Trinajstić information content (AvgIpc) is 3.21. The summed E-state index contributed by atoms with van der Waals surface area (Å²) in [5.41, 5.74) is 3.84. The molecular weight excluding hydrogens is 360 g/mol. The van der Waals surface area contributed by atoms with Gasteiger partial charge in [-0.2, -0.15) is 0 Å². The van der Waals surface area contributed by atoms with E-state index in [9.17, 15) is 4.79 Å². The van der Waals surface area contributed by atoms with Crippen LogP contribution < -0.4 is 5.32 Å². The van der Waals surface area contributed by atoms with E-state index in [1.807, 2.05) is 29.2 Å². The largest absolute Gasteiger partial charge is 0.467 e. The maximum atomic E-state index is 13.2. The zero-order valence-corrected chi connectivity index (χ0v) is 17.9. The number of benzene rings is 1. The molecule has 0 aliphatic heterocycles. The van der Waals surface area contributed by atoms with Crippen LogP contribution in [0.15, 0.2) is 58.7 Å². The Balaban J connectivity index is 1.49. The summed E-state index contributed by atoms with van der Waals surface area (Å²) in [6, 6.07) is 11.8. The number of amides is 2. The van der Waals surface area contributed by atoms with Crippen LogP contribution in [0.1, 0.15) is 57.8 Å². The first-order valence-electron chi connectivity index (χ1n) is 10.7. The van der Waals surface area contributed by atoms with Crippen LogP contribution in [0.4, 0.5) is 10.5 Å². The summed E-state index contributed by atoms with van der Waals surface area (Å²) in [7, 11) is 0. The van der Waals surface area contributed by atoms with Crippen LogP contribution in [-0.4, -0.2) is 17.5 Å². The standard InChI is InChI=1S/C25H32N2O2/c1-17(2)18-8-11-21(12-9-18)26-24(28)27(16-22-6-5-13-29-22)15-19-7-10-20-14-23(19)25(20,3)4/h5-9,11-13,17,20,23H,10,14-16H2,1-4H3,(H,26,28). The molecule has 1 aromatic carbocycles. The normalized spacial score (nSPS) is 22.0. The molecule has 0 spiro atoms.